The second-order valence-corrected chi connectivity index (χ2v) is 10.3. The van der Waals surface area contributed by atoms with Crippen LogP contribution in [0.1, 0.15) is 44.5 Å². The number of methoxy groups -OCH3 is 1. The lowest BCUT2D eigenvalue weighted by Gasteiger charge is -2.26. The van der Waals surface area contributed by atoms with Crippen molar-refractivity contribution >= 4 is 9.84 Å². The number of benzene rings is 1. The highest BCUT2D eigenvalue weighted by Crippen LogP contribution is 2.24. The monoisotopic (exact) mass is 393 g/mol. The standard InChI is InChI=1S/C19H27N3O4S/c1-19(2,3)18-20-17(21-26-18)12-22(15-9-10-27(23,24)13-15)11-14-5-7-16(25-4)8-6-14/h5-8,15H,9-13H2,1-4H3/t15-/m0/s1. The Morgan fingerprint density at radius 1 is 1.22 bits per heavy atom. The third-order valence-electron chi connectivity index (χ3n) is 4.72. The number of ether oxygens (including phenoxy) is 1. The Labute approximate surface area is 160 Å². The highest BCUT2D eigenvalue weighted by atomic mass is 32.2. The maximum atomic E-state index is 12.0. The first-order valence-corrected chi connectivity index (χ1v) is 10.9. The van der Waals surface area contributed by atoms with Crippen LogP contribution < -0.4 is 4.74 Å². The summed E-state index contributed by atoms with van der Waals surface area (Å²) in [7, 11) is -1.35. The second-order valence-electron chi connectivity index (χ2n) is 8.08. The van der Waals surface area contributed by atoms with Gasteiger partial charge in [-0.2, -0.15) is 4.98 Å². The summed E-state index contributed by atoms with van der Waals surface area (Å²) in [6.07, 6.45) is 0.627. The van der Waals surface area contributed by atoms with Crippen molar-refractivity contribution in [1.82, 2.24) is 15.0 Å². The van der Waals surface area contributed by atoms with Gasteiger partial charge in [-0.25, -0.2) is 8.42 Å². The Bertz CT molecular complexity index is 869. The molecule has 1 aromatic heterocycles. The van der Waals surface area contributed by atoms with E-state index in [0.717, 1.165) is 11.3 Å². The Kier molecular flexibility index (Phi) is 5.58. The minimum absolute atomic E-state index is 0.0475. The van der Waals surface area contributed by atoms with Crippen LogP contribution in [0, 0.1) is 0 Å². The molecule has 0 spiro atoms. The van der Waals surface area contributed by atoms with Crippen LogP contribution in [-0.2, 0) is 28.3 Å². The Morgan fingerprint density at radius 2 is 1.93 bits per heavy atom. The van der Waals surface area contributed by atoms with Gasteiger partial charge < -0.3 is 9.26 Å². The zero-order chi connectivity index (χ0) is 19.7. The van der Waals surface area contributed by atoms with Gasteiger partial charge >= 0.3 is 0 Å². The van der Waals surface area contributed by atoms with Crippen molar-refractivity contribution in [2.24, 2.45) is 0 Å². The second kappa shape index (κ2) is 7.59. The minimum Gasteiger partial charge on any atom is -0.497 e. The first kappa shape index (κ1) is 19.8. The fourth-order valence-corrected chi connectivity index (χ4v) is 4.91. The van der Waals surface area contributed by atoms with Gasteiger partial charge in [0.25, 0.3) is 0 Å². The molecule has 2 heterocycles. The Balaban J connectivity index is 1.80. The third kappa shape index (κ3) is 5.07. The van der Waals surface area contributed by atoms with Crippen molar-refractivity contribution in [1.29, 1.82) is 0 Å². The molecule has 0 amide bonds. The molecule has 0 aliphatic carbocycles. The van der Waals surface area contributed by atoms with Gasteiger partial charge in [-0.05, 0) is 24.1 Å². The van der Waals surface area contributed by atoms with E-state index in [-0.39, 0.29) is 23.0 Å². The molecule has 1 fully saturated rings. The molecule has 7 nitrogen and oxygen atoms in total. The summed E-state index contributed by atoms with van der Waals surface area (Å²) in [6, 6.07) is 7.75. The van der Waals surface area contributed by atoms with Crippen LogP contribution >= 0.6 is 0 Å². The van der Waals surface area contributed by atoms with E-state index in [0.29, 0.717) is 31.2 Å². The zero-order valence-electron chi connectivity index (χ0n) is 16.3. The zero-order valence-corrected chi connectivity index (χ0v) is 17.1. The van der Waals surface area contributed by atoms with E-state index >= 15 is 0 Å². The molecule has 0 unspecified atom stereocenters. The van der Waals surface area contributed by atoms with Crippen molar-refractivity contribution in [2.45, 2.75) is 51.7 Å². The van der Waals surface area contributed by atoms with Gasteiger partial charge in [0.2, 0.25) is 5.89 Å². The van der Waals surface area contributed by atoms with Gasteiger partial charge in [-0.15, -0.1) is 0 Å². The molecular formula is C19H27N3O4S. The molecule has 2 aromatic rings. The van der Waals surface area contributed by atoms with Crippen molar-refractivity contribution in [3.8, 4) is 5.75 Å². The highest BCUT2D eigenvalue weighted by Gasteiger charge is 2.33. The van der Waals surface area contributed by atoms with Gasteiger partial charge in [0, 0.05) is 18.0 Å². The summed E-state index contributed by atoms with van der Waals surface area (Å²) >= 11 is 0. The van der Waals surface area contributed by atoms with Crippen LogP contribution in [0.15, 0.2) is 28.8 Å². The summed E-state index contributed by atoms with van der Waals surface area (Å²) in [5.41, 5.74) is 0.864. The lowest BCUT2D eigenvalue weighted by molar-refractivity contribution is 0.187. The molecule has 27 heavy (non-hydrogen) atoms. The smallest absolute Gasteiger partial charge is 0.232 e. The quantitative estimate of drug-likeness (QED) is 0.745. The molecule has 1 atom stereocenters. The molecule has 8 heteroatoms. The fourth-order valence-electron chi connectivity index (χ4n) is 3.15. The van der Waals surface area contributed by atoms with Crippen molar-refractivity contribution < 1.29 is 17.7 Å². The average molecular weight is 394 g/mol. The molecular weight excluding hydrogens is 366 g/mol. The number of sulfone groups is 1. The summed E-state index contributed by atoms with van der Waals surface area (Å²) in [4.78, 5) is 6.64. The topological polar surface area (TPSA) is 85.5 Å². The summed E-state index contributed by atoms with van der Waals surface area (Å²) in [5, 5.41) is 4.10. The molecule has 148 valence electrons. The largest absolute Gasteiger partial charge is 0.497 e. The molecule has 1 aromatic carbocycles. The van der Waals surface area contributed by atoms with E-state index in [1.807, 2.05) is 45.0 Å². The van der Waals surface area contributed by atoms with E-state index in [2.05, 4.69) is 15.0 Å². The van der Waals surface area contributed by atoms with Crippen LogP contribution in [0.25, 0.3) is 0 Å². The van der Waals surface area contributed by atoms with Crippen LogP contribution in [0.4, 0.5) is 0 Å². The molecule has 0 bridgehead atoms. The fraction of sp³-hybridized carbons (Fsp3) is 0.579. The van der Waals surface area contributed by atoms with Gasteiger partial charge in [0.1, 0.15) is 5.75 Å². The molecule has 3 rings (SSSR count). The van der Waals surface area contributed by atoms with Crippen molar-refractivity contribution in [2.75, 3.05) is 18.6 Å². The summed E-state index contributed by atoms with van der Waals surface area (Å²) < 4.78 is 34.6. The van der Waals surface area contributed by atoms with Crippen LogP contribution in [0.5, 0.6) is 5.75 Å². The number of hydrogen-bond acceptors (Lipinski definition) is 7. The third-order valence-corrected chi connectivity index (χ3v) is 6.47. The maximum Gasteiger partial charge on any atom is 0.232 e. The van der Waals surface area contributed by atoms with Crippen LogP contribution in [0.2, 0.25) is 0 Å². The number of aromatic nitrogens is 2. The van der Waals surface area contributed by atoms with Crippen molar-refractivity contribution in [3.63, 3.8) is 0 Å². The lowest BCUT2D eigenvalue weighted by Crippen LogP contribution is -2.35. The normalized spacial score (nSPS) is 19.5. The Hall–Kier alpha value is -1.93. The van der Waals surface area contributed by atoms with Gasteiger partial charge in [0.05, 0.1) is 25.2 Å². The van der Waals surface area contributed by atoms with E-state index in [4.69, 9.17) is 9.26 Å². The molecule has 0 N–H and O–H groups in total. The summed E-state index contributed by atoms with van der Waals surface area (Å²) in [5.74, 6) is 2.36. The van der Waals surface area contributed by atoms with E-state index in [9.17, 15) is 8.42 Å². The van der Waals surface area contributed by atoms with E-state index in [1.54, 1.807) is 7.11 Å². The number of nitrogens with zero attached hydrogens (tertiary/aromatic N) is 3. The molecule has 1 aliphatic heterocycles. The highest BCUT2D eigenvalue weighted by molar-refractivity contribution is 7.91. The van der Waals surface area contributed by atoms with Crippen LogP contribution in [-0.4, -0.2) is 48.1 Å². The molecule has 0 saturated carbocycles. The number of hydrogen-bond donors (Lipinski definition) is 0. The maximum absolute atomic E-state index is 12.0. The lowest BCUT2D eigenvalue weighted by atomic mass is 9.97. The minimum atomic E-state index is -2.98. The predicted molar refractivity (Wildman–Crippen MR) is 102 cm³/mol. The summed E-state index contributed by atoms with van der Waals surface area (Å²) in [6.45, 7) is 7.12. The molecule has 1 aliphatic rings. The van der Waals surface area contributed by atoms with Gasteiger partial charge in [0.15, 0.2) is 15.7 Å². The van der Waals surface area contributed by atoms with Crippen molar-refractivity contribution in [3.05, 3.63) is 41.5 Å². The van der Waals surface area contributed by atoms with Gasteiger partial charge in [-0.1, -0.05) is 38.1 Å². The first-order valence-electron chi connectivity index (χ1n) is 9.07. The Morgan fingerprint density at radius 3 is 2.44 bits per heavy atom. The van der Waals surface area contributed by atoms with Gasteiger partial charge in [-0.3, -0.25) is 4.90 Å². The van der Waals surface area contributed by atoms with E-state index in [1.165, 1.54) is 0 Å². The van der Waals surface area contributed by atoms with Crippen LogP contribution in [0.3, 0.4) is 0 Å². The average Bonchev–Trinajstić information content (AvgIpc) is 3.21. The first-order chi connectivity index (χ1) is 12.7. The number of rotatable bonds is 6. The predicted octanol–water partition coefficient (Wildman–Crippen LogP) is 2.57. The molecule has 1 saturated heterocycles. The van der Waals surface area contributed by atoms with E-state index < -0.39 is 9.84 Å². The SMILES string of the molecule is COc1ccc(CN(Cc2noc(C(C)(C)C)n2)[C@H]2CCS(=O)(=O)C2)cc1. The molecule has 0 radical (unpaired) electrons.